The lowest BCUT2D eigenvalue weighted by Crippen LogP contribution is -2.35. The number of carbonyl (C=O) groups is 2. The van der Waals surface area contributed by atoms with Crippen LogP contribution in [0.2, 0.25) is 5.02 Å². The van der Waals surface area contributed by atoms with Gasteiger partial charge in [-0.2, -0.15) is 5.10 Å². The van der Waals surface area contributed by atoms with Crippen LogP contribution in [0.15, 0.2) is 30.5 Å². The molecule has 4 rings (SSSR count). The summed E-state index contributed by atoms with van der Waals surface area (Å²) in [5, 5.41) is 7.93. The number of nitrogens with one attached hydrogen (secondary N) is 1. The molecular weight excluding hydrogens is 368 g/mol. The smallest absolute Gasteiger partial charge is 0.227 e. The van der Waals surface area contributed by atoms with E-state index in [1.54, 1.807) is 29.2 Å². The highest BCUT2D eigenvalue weighted by molar-refractivity contribution is 6.30. The van der Waals surface area contributed by atoms with Gasteiger partial charge in [-0.05, 0) is 24.3 Å². The second-order valence-electron chi connectivity index (χ2n) is 6.82. The van der Waals surface area contributed by atoms with Crippen molar-refractivity contribution in [2.24, 2.45) is 5.92 Å². The van der Waals surface area contributed by atoms with Crippen molar-refractivity contribution in [1.82, 2.24) is 15.1 Å². The van der Waals surface area contributed by atoms with Crippen LogP contribution < -0.4 is 10.2 Å². The molecule has 0 spiro atoms. The Morgan fingerprint density at radius 3 is 2.96 bits per heavy atom. The van der Waals surface area contributed by atoms with E-state index >= 15 is 0 Å². The molecule has 0 radical (unpaired) electrons. The molecule has 0 bridgehead atoms. The van der Waals surface area contributed by atoms with E-state index in [4.69, 9.17) is 16.3 Å². The van der Waals surface area contributed by atoms with Gasteiger partial charge in [0.05, 0.1) is 31.9 Å². The summed E-state index contributed by atoms with van der Waals surface area (Å²) < 4.78 is 7.34. The van der Waals surface area contributed by atoms with Crippen LogP contribution in [0.25, 0.3) is 0 Å². The fraction of sp³-hybridized carbons (Fsp3) is 0.421. The summed E-state index contributed by atoms with van der Waals surface area (Å²) in [5.41, 5.74) is 3.07. The van der Waals surface area contributed by atoms with Gasteiger partial charge < -0.3 is 15.0 Å². The van der Waals surface area contributed by atoms with Crippen molar-refractivity contribution in [3.8, 4) is 0 Å². The monoisotopic (exact) mass is 388 g/mol. The SMILES string of the molecule is O=C(NCCn1ncc2c1CCOC2)C1CC(=O)N(c2ccc(Cl)cc2)C1. The molecule has 2 amide bonds. The van der Waals surface area contributed by atoms with Gasteiger partial charge >= 0.3 is 0 Å². The van der Waals surface area contributed by atoms with E-state index in [9.17, 15) is 9.59 Å². The number of hydrogen-bond acceptors (Lipinski definition) is 4. The number of rotatable bonds is 5. The minimum absolute atomic E-state index is 0.0429. The molecule has 1 aromatic carbocycles. The summed E-state index contributed by atoms with van der Waals surface area (Å²) in [7, 11) is 0. The molecule has 2 aliphatic heterocycles. The molecule has 1 saturated heterocycles. The average Bonchev–Trinajstić information content (AvgIpc) is 3.26. The number of aromatic nitrogens is 2. The first kappa shape index (κ1) is 18.0. The third-order valence-electron chi connectivity index (χ3n) is 5.03. The topological polar surface area (TPSA) is 76.5 Å². The van der Waals surface area contributed by atoms with Gasteiger partial charge in [-0.15, -0.1) is 0 Å². The summed E-state index contributed by atoms with van der Waals surface area (Å²) in [6.07, 6.45) is 2.90. The van der Waals surface area contributed by atoms with E-state index in [1.165, 1.54) is 5.69 Å². The molecule has 3 heterocycles. The van der Waals surface area contributed by atoms with Crippen LogP contribution in [0, 0.1) is 5.92 Å². The predicted octanol–water partition coefficient (Wildman–Crippen LogP) is 1.78. The Balaban J connectivity index is 1.31. The largest absolute Gasteiger partial charge is 0.376 e. The fourth-order valence-corrected chi connectivity index (χ4v) is 3.71. The molecule has 1 N–H and O–H groups in total. The van der Waals surface area contributed by atoms with Gasteiger partial charge in [0.15, 0.2) is 0 Å². The molecule has 2 aromatic rings. The van der Waals surface area contributed by atoms with Crippen LogP contribution in [0.1, 0.15) is 17.7 Å². The van der Waals surface area contributed by atoms with Crippen molar-refractivity contribution < 1.29 is 14.3 Å². The number of anilines is 1. The quantitative estimate of drug-likeness (QED) is 0.847. The summed E-state index contributed by atoms with van der Waals surface area (Å²) >= 11 is 5.90. The number of nitrogens with zero attached hydrogens (tertiary/aromatic N) is 3. The molecule has 0 saturated carbocycles. The van der Waals surface area contributed by atoms with Gasteiger partial charge in [0.1, 0.15) is 0 Å². The average molecular weight is 389 g/mol. The maximum Gasteiger partial charge on any atom is 0.227 e. The van der Waals surface area contributed by atoms with Crippen LogP contribution in [0.4, 0.5) is 5.69 Å². The number of carbonyl (C=O) groups excluding carboxylic acids is 2. The Morgan fingerprint density at radius 1 is 1.33 bits per heavy atom. The van der Waals surface area contributed by atoms with Crippen LogP contribution in [-0.4, -0.2) is 41.3 Å². The number of amides is 2. The van der Waals surface area contributed by atoms with Gasteiger partial charge in [0, 0.05) is 47.9 Å². The Bertz CT molecular complexity index is 849. The lowest BCUT2D eigenvalue weighted by molar-refractivity contribution is -0.126. The van der Waals surface area contributed by atoms with E-state index in [1.807, 2.05) is 10.9 Å². The lowest BCUT2D eigenvalue weighted by Gasteiger charge is -2.17. The Morgan fingerprint density at radius 2 is 2.15 bits per heavy atom. The van der Waals surface area contributed by atoms with Crippen LogP contribution in [0.3, 0.4) is 0 Å². The van der Waals surface area contributed by atoms with Gasteiger partial charge in [-0.25, -0.2) is 0 Å². The zero-order valence-corrected chi connectivity index (χ0v) is 15.6. The summed E-state index contributed by atoms with van der Waals surface area (Å²) in [6.45, 7) is 2.80. The zero-order valence-electron chi connectivity index (χ0n) is 14.9. The first-order chi connectivity index (χ1) is 13.1. The summed E-state index contributed by atoms with van der Waals surface area (Å²) in [4.78, 5) is 26.4. The lowest BCUT2D eigenvalue weighted by atomic mass is 10.1. The molecular formula is C19H21ClN4O3. The maximum absolute atomic E-state index is 12.5. The van der Waals surface area contributed by atoms with Crippen LogP contribution in [-0.2, 0) is 33.9 Å². The predicted molar refractivity (Wildman–Crippen MR) is 101 cm³/mol. The van der Waals surface area contributed by atoms with Gasteiger partial charge in [-0.1, -0.05) is 11.6 Å². The first-order valence-electron chi connectivity index (χ1n) is 9.07. The highest BCUT2D eigenvalue weighted by Gasteiger charge is 2.34. The third-order valence-corrected chi connectivity index (χ3v) is 5.28. The van der Waals surface area contributed by atoms with Gasteiger partial charge in [0.25, 0.3) is 0 Å². The third kappa shape index (κ3) is 3.84. The fourth-order valence-electron chi connectivity index (χ4n) is 3.59. The minimum Gasteiger partial charge on any atom is -0.376 e. The number of fused-ring (bicyclic) bond motifs is 1. The summed E-state index contributed by atoms with van der Waals surface area (Å²) in [6, 6.07) is 7.08. The number of ether oxygens (including phenoxy) is 1. The van der Waals surface area contributed by atoms with E-state index in [2.05, 4.69) is 10.4 Å². The molecule has 142 valence electrons. The highest BCUT2D eigenvalue weighted by atomic mass is 35.5. The molecule has 7 nitrogen and oxygen atoms in total. The normalized spacial score (nSPS) is 19.2. The van der Waals surface area contributed by atoms with Crippen molar-refractivity contribution in [3.05, 3.63) is 46.7 Å². The van der Waals surface area contributed by atoms with E-state index in [0.29, 0.717) is 37.9 Å². The van der Waals surface area contributed by atoms with Crippen molar-refractivity contribution in [3.63, 3.8) is 0 Å². The van der Waals surface area contributed by atoms with Crippen LogP contribution >= 0.6 is 11.6 Å². The zero-order chi connectivity index (χ0) is 18.8. The molecule has 1 unspecified atom stereocenters. The number of benzene rings is 1. The van der Waals surface area contributed by atoms with Crippen molar-refractivity contribution in [2.75, 3.05) is 24.6 Å². The van der Waals surface area contributed by atoms with Gasteiger partial charge in [-0.3, -0.25) is 14.3 Å². The molecule has 8 heteroatoms. The van der Waals surface area contributed by atoms with E-state index in [-0.39, 0.29) is 24.2 Å². The van der Waals surface area contributed by atoms with Crippen molar-refractivity contribution in [1.29, 1.82) is 0 Å². The Kier molecular flexibility index (Phi) is 5.13. The molecule has 2 aliphatic rings. The molecule has 1 fully saturated rings. The molecule has 1 aromatic heterocycles. The second kappa shape index (κ2) is 7.70. The minimum atomic E-state index is -0.340. The van der Waals surface area contributed by atoms with Gasteiger partial charge in [0.2, 0.25) is 11.8 Å². The molecule has 1 atom stereocenters. The van der Waals surface area contributed by atoms with Crippen molar-refractivity contribution >= 4 is 29.1 Å². The Hall–Kier alpha value is -2.38. The van der Waals surface area contributed by atoms with Crippen LogP contribution in [0.5, 0.6) is 0 Å². The maximum atomic E-state index is 12.5. The van der Waals surface area contributed by atoms with E-state index < -0.39 is 0 Å². The van der Waals surface area contributed by atoms with E-state index in [0.717, 1.165) is 17.7 Å². The highest BCUT2D eigenvalue weighted by Crippen LogP contribution is 2.26. The standard InChI is InChI=1S/C19H21ClN4O3/c20-15-1-3-16(4-2-15)23-11-13(9-18(23)25)19(26)21-6-7-24-17-5-8-27-12-14(17)10-22-24/h1-4,10,13H,5-9,11-12H2,(H,21,26). The number of halogens is 1. The van der Waals surface area contributed by atoms with Crippen molar-refractivity contribution in [2.45, 2.75) is 26.0 Å². The Labute approximate surface area is 162 Å². The molecule has 27 heavy (non-hydrogen) atoms. The first-order valence-corrected chi connectivity index (χ1v) is 9.44. The second-order valence-corrected chi connectivity index (χ2v) is 7.25. The molecule has 0 aliphatic carbocycles. The summed E-state index contributed by atoms with van der Waals surface area (Å²) in [5.74, 6) is -0.476. The number of hydrogen-bond donors (Lipinski definition) is 1.